The van der Waals surface area contributed by atoms with Gasteiger partial charge < -0.3 is 14.6 Å². The number of piperidine rings is 1. The number of rotatable bonds is 7. The molecule has 1 aromatic carbocycles. The van der Waals surface area contributed by atoms with Crippen molar-refractivity contribution in [3.8, 4) is 11.5 Å². The van der Waals surface area contributed by atoms with Crippen LogP contribution in [0.4, 0.5) is 0 Å². The second-order valence-corrected chi connectivity index (χ2v) is 6.53. The number of aromatic nitrogens is 1. The minimum absolute atomic E-state index is 0.311. The van der Waals surface area contributed by atoms with Crippen LogP contribution in [0.1, 0.15) is 24.0 Å². The number of methoxy groups -OCH3 is 1. The lowest BCUT2D eigenvalue weighted by molar-refractivity contribution is 0.127. The van der Waals surface area contributed by atoms with Gasteiger partial charge in [0.25, 0.3) is 0 Å². The van der Waals surface area contributed by atoms with E-state index in [9.17, 15) is 5.11 Å². The first-order chi connectivity index (χ1) is 12.3. The molecule has 0 saturated carbocycles. The largest absolute Gasteiger partial charge is 0.493 e. The van der Waals surface area contributed by atoms with Crippen molar-refractivity contribution in [2.24, 2.45) is 5.92 Å². The molecule has 3 rings (SSSR count). The van der Waals surface area contributed by atoms with Crippen LogP contribution >= 0.6 is 0 Å². The van der Waals surface area contributed by atoms with Crippen LogP contribution in [-0.2, 0) is 13.2 Å². The summed E-state index contributed by atoms with van der Waals surface area (Å²) in [6.07, 6.45) is 5.67. The second kappa shape index (κ2) is 8.83. The van der Waals surface area contributed by atoms with Crippen molar-refractivity contribution in [2.75, 3.05) is 26.8 Å². The van der Waals surface area contributed by atoms with Gasteiger partial charge in [-0.05, 0) is 67.2 Å². The molecule has 1 saturated heterocycles. The van der Waals surface area contributed by atoms with Gasteiger partial charge in [-0.2, -0.15) is 0 Å². The number of hydrogen-bond donors (Lipinski definition) is 1. The topological polar surface area (TPSA) is 54.8 Å². The molecular weight excluding hydrogens is 316 g/mol. The van der Waals surface area contributed by atoms with E-state index in [1.807, 2.05) is 18.2 Å². The minimum Gasteiger partial charge on any atom is -0.493 e. The highest BCUT2D eigenvalue weighted by atomic mass is 16.5. The van der Waals surface area contributed by atoms with Crippen LogP contribution in [0.2, 0.25) is 0 Å². The lowest BCUT2D eigenvalue weighted by Crippen LogP contribution is -2.34. The summed E-state index contributed by atoms with van der Waals surface area (Å²) < 4.78 is 11.4. The summed E-state index contributed by atoms with van der Waals surface area (Å²) in [5.74, 6) is 1.98. The molecular formula is C20H26N2O3. The van der Waals surface area contributed by atoms with Gasteiger partial charge in [-0.3, -0.25) is 9.88 Å². The quantitative estimate of drug-likeness (QED) is 0.838. The molecule has 2 heterocycles. The number of likely N-dealkylation sites (tertiary alicyclic amines) is 1. The number of benzene rings is 1. The first-order valence-electron chi connectivity index (χ1n) is 8.80. The molecule has 1 aromatic heterocycles. The Balaban J connectivity index is 1.59. The molecule has 134 valence electrons. The molecule has 25 heavy (non-hydrogen) atoms. The van der Waals surface area contributed by atoms with Crippen molar-refractivity contribution >= 4 is 0 Å². The Hall–Kier alpha value is -2.11. The molecule has 1 N–H and O–H groups in total. The van der Waals surface area contributed by atoms with Gasteiger partial charge in [0.05, 0.1) is 7.11 Å². The Labute approximate surface area is 149 Å². The van der Waals surface area contributed by atoms with Gasteiger partial charge in [-0.15, -0.1) is 0 Å². The highest BCUT2D eigenvalue weighted by Gasteiger charge is 2.18. The van der Waals surface area contributed by atoms with Gasteiger partial charge in [0.1, 0.15) is 6.61 Å². The highest BCUT2D eigenvalue weighted by Crippen LogP contribution is 2.30. The van der Waals surface area contributed by atoms with Crippen molar-refractivity contribution in [1.82, 2.24) is 9.88 Å². The van der Waals surface area contributed by atoms with E-state index in [1.54, 1.807) is 19.5 Å². The fraction of sp³-hybridized carbons (Fsp3) is 0.450. The molecule has 0 amide bonds. The molecule has 0 unspecified atom stereocenters. The lowest BCUT2D eigenvalue weighted by Gasteiger charge is -2.31. The first-order valence-corrected chi connectivity index (χ1v) is 8.80. The maximum absolute atomic E-state index is 9.25. The van der Waals surface area contributed by atoms with E-state index in [0.717, 1.165) is 49.5 Å². The SMILES string of the molecule is COc1cc(CN2CCC(CO)CC2)ccc1OCc1ccncc1. The van der Waals surface area contributed by atoms with Crippen LogP contribution < -0.4 is 9.47 Å². The average Bonchev–Trinajstić information content (AvgIpc) is 2.68. The average molecular weight is 342 g/mol. The summed E-state index contributed by atoms with van der Waals surface area (Å²) in [6, 6.07) is 10.0. The lowest BCUT2D eigenvalue weighted by atomic mass is 9.97. The molecule has 0 atom stereocenters. The number of ether oxygens (including phenoxy) is 2. The third-order valence-corrected chi connectivity index (χ3v) is 4.74. The van der Waals surface area contributed by atoms with Gasteiger partial charge in [-0.1, -0.05) is 6.07 Å². The molecule has 2 aromatic rings. The predicted molar refractivity (Wildman–Crippen MR) is 96.6 cm³/mol. The maximum atomic E-state index is 9.25. The minimum atomic E-state index is 0.311. The third kappa shape index (κ3) is 4.94. The van der Waals surface area contributed by atoms with Crippen LogP contribution in [-0.4, -0.2) is 41.8 Å². The fourth-order valence-corrected chi connectivity index (χ4v) is 3.16. The van der Waals surface area contributed by atoms with Crippen LogP contribution in [0.15, 0.2) is 42.7 Å². The van der Waals surface area contributed by atoms with Crippen molar-refractivity contribution in [3.05, 3.63) is 53.9 Å². The number of aliphatic hydroxyl groups excluding tert-OH is 1. The van der Waals surface area contributed by atoms with Gasteiger partial charge in [-0.25, -0.2) is 0 Å². The number of pyridine rings is 1. The summed E-state index contributed by atoms with van der Waals surface area (Å²) in [5, 5.41) is 9.25. The predicted octanol–water partition coefficient (Wildman–Crippen LogP) is 2.87. The van der Waals surface area contributed by atoms with E-state index in [4.69, 9.17) is 9.47 Å². The van der Waals surface area contributed by atoms with Crippen LogP contribution in [0.5, 0.6) is 11.5 Å². The Morgan fingerprint density at radius 2 is 1.84 bits per heavy atom. The molecule has 0 bridgehead atoms. The zero-order valence-electron chi connectivity index (χ0n) is 14.7. The number of nitrogens with zero attached hydrogens (tertiary/aromatic N) is 2. The summed E-state index contributed by atoms with van der Waals surface area (Å²) in [4.78, 5) is 6.44. The van der Waals surface area contributed by atoms with Gasteiger partial charge >= 0.3 is 0 Å². The zero-order valence-corrected chi connectivity index (χ0v) is 14.7. The van der Waals surface area contributed by atoms with Crippen LogP contribution in [0.25, 0.3) is 0 Å². The molecule has 0 radical (unpaired) electrons. The second-order valence-electron chi connectivity index (χ2n) is 6.53. The molecule has 1 fully saturated rings. The molecule has 1 aliphatic rings. The van der Waals surface area contributed by atoms with Crippen LogP contribution in [0.3, 0.4) is 0 Å². The molecule has 0 aliphatic carbocycles. The summed E-state index contributed by atoms with van der Waals surface area (Å²) in [5.41, 5.74) is 2.29. The Morgan fingerprint density at radius 1 is 1.08 bits per heavy atom. The molecule has 1 aliphatic heterocycles. The highest BCUT2D eigenvalue weighted by molar-refractivity contribution is 5.43. The summed E-state index contributed by atoms with van der Waals surface area (Å²) in [6.45, 7) is 3.78. The van der Waals surface area contributed by atoms with Gasteiger partial charge in [0.15, 0.2) is 11.5 Å². The van der Waals surface area contributed by atoms with Crippen molar-refractivity contribution < 1.29 is 14.6 Å². The Kier molecular flexibility index (Phi) is 6.25. The van der Waals surface area contributed by atoms with Crippen molar-refractivity contribution in [3.63, 3.8) is 0 Å². The Bertz CT molecular complexity index is 655. The van der Waals surface area contributed by atoms with E-state index < -0.39 is 0 Å². The van der Waals surface area contributed by atoms with Crippen molar-refractivity contribution in [1.29, 1.82) is 0 Å². The first kappa shape index (κ1) is 17.7. The van der Waals surface area contributed by atoms with Gasteiger partial charge in [0.2, 0.25) is 0 Å². The number of aliphatic hydroxyl groups is 1. The zero-order chi connectivity index (χ0) is 17.5. The van der Waals surface area contributed by atoms with E-state index in [-0.39, 0.29) is 0 Å². The Morgan fingerprint density at radius 3 is 2.52 bits per heavy atom. The van der Waals surface area contributed by atoms with E-state index in [1.165, 1.54) is 5.56 Å². The molecule has 5 nitrogen and oxygen atoms in total. The third-order valence-electron chi connectivity index (χ3n) is 4.74. The summed E-state index contributed by atoms with van der Waals surface area (Å²) >= 11 is 0. The van der Waals surface area contributed by atoms with E-state index in [0.29, 0.717) is 19.1 Å². The fourth-order valence-electron chi connectivity index (χ4n) is 3.16. The molecule has 5 heteroatoms. The van der Waals surface area contributed by atoms with E-state index in [2.05, 4.69) is 22.0 Å². The smallest absolute Gasteiger partial charge is 0.161 e. The maximum Gasteiger partial charge on any atom is 0.161 e. The number of hydrogen-bond acceptors (Lipinski definition) is 5. The standard InChI is InChI=1S/C20H26N2O3/c1-24-20-12-18(13-22-10-6-16(14-23)7-11-22)2-3-19(20)25-15-17-4-8-21-9-5-17/h2-5,8-9,12,16,23H,6-7,10-11,13-15H2,1H3. The summed E-state index contributed by atoms with van der Waals surface area (Å²) in [7, 11) is 1.67. The van der Waals surface area contributed by atoms with E-state index >= 15 is 0 Å². The van der Waals surface area contributed by atoms with Crippen LogP contribution in [0, 0.1) is 5.92 Å². The monoisotopic (exact) mass is 342 g/mol. The van der Waals surface area contributed by atoms with Crippen molar-refractivity contribution in [2.45, 2.75) is 26.0 Å². The normalized spacial score (nSPS) is 15.9. The molecule has 0 spiro atoms. The van der Waals surface area contributed by atoms with Gasteiger partial charge in [0, 0.05) is 25.5 Å².